The van der Waals surface area contributed by atoms with Gasteiger partial charge in [-0.15, -0.1) is 0 Å². The number of halogens is 1. The maximum atomic E-state index is 6.40. The van der Waals surface area contributed by atoms with Gasteiger partial charge in [-0.2, -0.15) is 0 Å². The Balaban J connectivity index is 2.27. The summed E-state index contributed by atoms with van der Waals surface area (Å²) in [6.07, 6.45) is 2.49. The van der Waals surface area contributed by atoms with E-state index in [4.69, 9.17) is 11.6 Å². The van der Waals surface area contributed by atoms with Crippen molar-refractivity contribution >= 4 is 17.3 Å². The Hall–Kier alpha value is -0.730. The van der Waals surface area contributed by atoms with E-state index in [1.165, 1.54) is 24.1 Å². The molecule has 0 unspecified atom stereocenters. The van der Waals surface area contributed by atoms with Gasteiger partial charge in [0.2, 0.25) is 0 Å². The molecule has 0 spiro atoms. The second-order valence-electron chi connectivity index (χ2n) is 5.38. The number of hydrogen-bond acceptors (Lipinski definition) is 2. The van der Waals surface area contributed by atoms with Crippen molar-refractivity contribution in [3.8, 4) is 0 Å². The van der Waals surface area contributed by atoms with Gasteiger partial charge in [0, 0.05) is 18.6 Å². The fraction of sp³-hybridized carbons (Fsp3) is 0.571. The fourth-order valence-corrected chi connectivity index (χ4v) is 2.94. The van der Waals surface area contributed by atoms with Crippen LogP contribution in [0.4, 0.5) is 5.69 Å². The quantitative estimate of drug-likeness (QED) is 0.887. The van der Waals surface area contributed by atoms with E-state index in [1.54, 1.807) is 0 Å². The van der Waals surface area contributed by atoms with Gasteiger partial charge in [0.1, 0.15) is 0 Å². The van der Waals surface area contributed by atoms with E-state index in [-0.39, 0.29) is 5.54 Å². The summed E-state index contributed by atoms with van der Waals surface area (Å²) in [6.45, 7) is 6.55. The van der Waals surface area contributed by atoms with Crippen LogP contribution >= 0.6 is 11.6 Å². The average molecular weight is 253 g/mol. The van der Waals surface area contributed by atoms with E-state index in [0.717, 1.165) is 18.1 Å². The SMILES string of the molecule is CNCc1ccc(N2CCCC2(C)C)c(Cl)c1. The van der Waals surface area contributed by atoms with Crippen molar-refractivity contribution in [2.24, 2.45) is 0 Å². The van der Waals surface area contributed by atoms with Gasteiger partial charge >= 0.3 is 0 Å². The zero-order valence-corrected chi connectivity index (χ0v) is 11.6. The third kappa shape index (κ3) is 2.58. The smallest absolute Gasteiger partial charge is 0.0642 e. The summed E-state index contributed by atoms with van der Waals surface area (Å²) in [5, 5.41) is 4.01. The number of rotatable bonds is 3. The van der Waals surface area contributed by atoms with Crippen LogP contribution in [0.1, 0.15) is 32.3 Å². The molecule has 0 aliphatic carbocycles. The first-order valence-electron chi connectivity index (χ1n) is 6.25. The zero-order chi connectivity index (χ0) is 12.5. The molecule has 1 aliphatic heterocycles. The molecule has 0 atom stereocenters. The second kappa shape index (κ2) is 4.87. The maximum absolute atomic E-state index is 6.40. The summed E-state index contributed by atoms with van der Waals surface area (Å²) in [7, 11) is 1.95. The molecular formula is C14H21ClN2. The highest BCUT2D eigenvalue weighted by molar-refractivity contribution is 6.33. The molecule has 1 aromatic rings. The van der Waals surface area contributed by atoms with Crippen LogP contribution in [0, 0.1) is 0 Å². The van der Waals surface area contributed by atoms with E-state index in [0.29, 0.717) is 0 Å². The first-order valence-corrected chi connectivity index (χ1v) is 6.63. The minimum atomic E-state index is 0.230. The lowest BCUT2D eigenvalue weighted by atomic mass is 10.0. The standard InChI is InChI=1S/C14H21ClN2/c1-14(2)7-4-8-17(14)13-6-5-11(10-16-3)9-12(13)15/h5-6,9,16H,4,7-8,10H2,1-3H3. The van der Waals surface area contributed by atoms with E-state index >= 15 is 0 Å². The Morgan fingerprint density at radius 3 is 2.71 bits per heavy atom. The molecule has 3 heteroatoms. The van der Waals surface area contributed by atoms with Crippen LogP contribution in [0.5, 0.6) is 0 Å². The average Bonchev–Trinajstić information content (AvgIpc) is 2.59. The largest absolute Gasteiger partial charge is 0.365 e. The van der Waals surface area contributed by atoms with Crippen LogP contribution in [0.2, 0.25) is 5.02 Å². The maximum Gasteiger partial charge on any atom is 0.0642 e. The topological polar surface area (TPSA) is 15.3 Å². The Labute approximate surface area is 109 Å². The number of hydrogen-bond donors (Lipinski definition) is 1. The van der Waals surface area contributed by atoms with Crippen molar-refractivity contribution in [1.82, 2.24) is 5.32 Å². The summed E-state index contributed by atoms with van der Waals surface area (Å²) < 4.78 is 0. The summed E-state index contributed by atoms with van der Waals surface area (Å²) in [5.74, 6) is 0. The van der Waals surface area contributed by atoms with Gasteiger partial charge in [-0.1, -0.05) is 17.7 Å². The molecule has 1 heterocycles. The van der Waals surface area contributed by atoms with E-state index in [9.17, 15) is 0 Å². The first-order chi connectivity index (χ1) is 8.04. The minimum Gasteiger partial charge on any atom is -0.365 e. The highest BCUT2D eigenvalue weighted by atomic mass is 35.5. The van der Waals surface area contributed by atoms with Crippen molar-refractivity contribution in [2.45, 2.75) is 38.8 Å². The van der Waals surface area contributed by atoms with E-state index in [1.807, 2.05) is 7.05 Å². The van der Waals surface area contributed by atoms with Gasteiger partial charge < -0.3 is 10.2 Å². The van der Waals surface area contributed by atoms with Crippen molar-refractivity contribution in [1.29, 1.82) is 0 Å². The van der Waals surface area contributed by atoms with Gasteiger partial charge in [-0.05, 0) is 51.4 Å². The molecule has 1 aromatic carbocycles. The fourth-order valence-electron chi connectivity index (χ4n) is 2.64. The highest BCUT2D eigenvalue weighted by Crippen LogP contribution is 2.37. The third-order valence-electron chi connectivity index (χ3n) is 3.58. The minimum absolute atomic E-state index is 0.230. The molecule has 1 saturated heterocycles. The lowest BCUT2D eigenvalue weighted by Crippen LogP contribution is -2.38. The summed E-state index contributed by atoms with van der Waals surface area (Å²) in [6, 6.07) is 6.38. The van der Waals surface area contributed by atoms with Crippen LogP contribution < -0.4 is 10.2 Å². The van der Waals surface area contributed by atoms with Gasteiger partial charge in [0.15, 0.2) is 0 Å². The third-order valence-corrected chi connectivity index (χ3v) is 3.89. The predicted octanol–water partition coefficient (Wildman–Crippen LogP) is 3.44. The predicted molar refractivity (Wildman–Crippen MR) is 74.9 cm³/mol. The second-order valence-corrected chi connectivity index (χ2v) is 5.79. The Morgan fingerprint density at radius 2 is 2.18 bits per heavy atom. The molecule has 17 heavy (non-hydrogen) atoms. The normalized spacial score (nSPS) is 18.7. The van der Waals surface area contributed by atoms with Crippen LogP contribution in [0.15, 0.2) is 18.2 Å². The lowest BCUT2D eigenvalue weighted by molar-refractivity contribution is 0.518. The molecule has 0 bridgehead atoms. The van der Waals surface area contributed by atoms with E-state index < -0.39 is 0 Å². The van der Waals surface area contributed by atoms with Gasteiger partial charge in [-0.25, -0.2) is 0 Å². The van der Waals surface area contributed by atoms with Crippen LogP contribution in [-0.4, -0.2) is 19.1 Å². The molecule has 0 saturated carbocycles. The molecule has 0 amide bonds. The molecule has 2 nitrogen and oxygen atoms in total. The van der Waals surface area contributed by atoms with Crippen LogP contribution in [0.3, 0.4) is 0 Å². The molecule has 1 aliphatic rings. The molecule has 0 radical (unpaired) electrons. The molecule has 94 valence electrons. The van der Waals surface area contributed by atoms with Gasteiger partial charge in [-0.3, -0.25) is 0 Å². The summed E-state index contributed by atoms with van der Waals surface area (Å²) in [4.78, 5) is 2.43. The summed E-state index contributed by atoms with van der Waals surface area (Å²) in [5.41, 5.74) is 2.64. The lowest BCUT2D eigenvalue weighted by Gasteiger charge is -2.34. The Kier molecular flexibility index (Phi) is 3.64. The van der Waals surface area contributed by atoms with E-state index in [2.05, 4.69) is 42.3 Å². The van der Waals surface area contributed by atoms with Crippen LogP contribution in [0.25, 0.3) is 0 Å². The van der Waals surface area contributed by atoms with Crippen molar-refractivity contribution in [3.05, 3.63) is 28.8 Å². The zero-order valence-electron chi connectivity index (χ0n) is 10.9. The molecule has 0 aromatic heterocycles. The molecule has 1 fully saturated rings. The van der Waals surface area contributed by atoms with Crippen molar-refractivity contribution in [3.63, 3.8) is 0 Å². The van der Waals surface area contributed by atoms with Gasteiger partial charge in [0.25, 0.3) is 0 Å². The molecule has 1 N–H and O–H groups in total. The summed E-state index contributed by atoms with van der Waals surface area (Å²) >= 11 is 6.40. The van der Waals surface area contributed by atoms with Gasteiger partial charge in [0.05, 0.1) is 10.7 Å². The Morgan fingerprint density at radius 1 is 1.41 bits per heavy atom. The molecule has 2 rings (SSSR count). The number of nitrogens with zero attached hydrogens (tertiary/aromatic N) is 1. The van der Waals surface area contributed by atoms with Crippen LogP contribution in [-0.2, 0) is 6.54 Å². The number of nitrogens with one attached hydrogen (secondary N) is 1. The molecular weight excluding hydrogens is 232 g/mol. The monoisotopic (exact) mass is 252 g/mol. The first kappa shape index (κ1) is 12.7. The number of anilines is 1. The van der Waals surface area contributed by atoms with Crippen molar-refractivity contribution in [2.75, 3.05) is 18.5 Å². The Bertz CT molecular complexity index is 401. The van der Waals surface area contributed by atoms with Crippen molar-refractivity contribution < 1.29 is 0 Å². The highest BCUT2D eigenvalue weighted by Gasteiger charge is 2.32. The number of benzene rings is 1.